The highest BCUT2D eigenvalue weighted by Gasteiger charge is 2.47. The second-order valence-corrected chi connectivity index (χ2v) is 14.9. The van der Waals surface area contributed by atoms with Gasteiger partial charge in [0.2, 0.25) is 0 Å². The minimum Gasteiger partial charge on any atom is -0.467 e. The van der Waals surface area contributed by atoms with Crippen LogP contribution in [0.25, 0.3) is 22.1 Å². The van der Waals surface area contributed by atoms with Crippen LogP contribution in [0.15, 0.2) is 60.9 Å². The number of carbonyl (C=O) groups is 6. The van der Waals surface area contributed by atoms with E-state index in [4.69, 9.17) is 18.9 Å². The molecule has 4 amide bonds. The Hall–Kier alpha value is -6.22. The van der Waals surface area contributed by atoms with Crippen LogP contribution in [-0.4, -0.2) is 144 Å². The van der Waals surface area contributed by atoms with E-state index in [0.717, 1.165) is 14.2 Å². The van der Waals surface area contributed by atoms with Crippen molar-refractivity contribution in [3.05, 3.63) is 72.3 Å². The topological polar surface area (TPSA) is 263 Å². The number of ether oxygens (including phenoxy) is 4. The van der Waals surface area contributed by atoms with Gasteiger partial charge >= 0.3 is 11.9 Å². The lowest BCUT2D eigenvalue weighted by atomic mass is 9.95. The minimum absolute atomic E-state index is 0.0399. The Labute approximate surface area is 345 Å². The van der Waals surface area contributed by atoms with Crippen LogP contribution in [0.5, 0.6) is 0 Å². The first kappa shape index (κ1) is 44.9. The Balaban J connectivity index is 1.29. The first-order chi connectivity index (χ1) is 28.5. The van der Waals surface area contributed by atoms with Crippen LogP contribution in [0, 0.1) is 0 Å². The van der Waals surface area contributed by atoms with Crippen LogP contribution < -0.4 is 31.9 Å². The summed E-state index contributed by atoms with van der Waals surface area (Å²) in [6, 6.07) is 14.2. The Morgan fingerprint density at radius 3 is 1.33 bits per heavy atom. The molecule has 60 heavy (non-hydrogen) atoms. The van der Waals surface area contributed by atoms with Gasteiger partial charge in [-0.3, -0.25) is 29.1 Å². The van der Waals surface area contributed by atoms with Crippen molar-refractivity contribution in [3.8, 4) is 0 Å². The van der Waals surface area contributed by atoms with E-state index in [1.807, 2.05) is 12.1 Å². The molecule has 0 bridgehead atoms. The van der Waals surface area contributed by atoms with Crippen LogP contribution in [0.3, 0.4) is 0 Å². The standard InChI is InChI=1S/C40H50N10O10/c1-37(35(55)57-5)21-41-23-40(4,60-18-16-44-32(52)30-20-46-26-12-8-10-14-28(26)48-30)34(54)50-38(2,36(56)58-6)22-42-24-39(3,33(53)49-37)59-17-15-43-31(51)29-19-45-25-11-7-9-13-27(25)47-29/h7-14,19-20,41-42H,15-18,21-24H2,1-6H3,(H,43,51)(H,44,52)(H,49,53)(H,50,54)/t37-,38-,39-,40-/m1/s1. The molecule has 5 rings (SSSR count). The fourth-order valence-corrected chi connectivity index (χ4v) is 6.24. The average Bonchev–Trinajstić information content (AvgIpc) is 3.25. The van der Waals surface area contributed by atoms with Crippen molar-refractivity contribution in [1.29, 1.82) is 0 Å². The molecule has 0 unspecified atom stereocenters. The molecule has 20 nitrogen and oxygen atoms in total. The predicted octanol–water partition coefficient (Wildman–Crippen LogP) is -0.428. The summed E-state index contributed by atoms with van der Waals surface area (Å²) in [4.78, 5) is 97.6. The summed E-state index contributed by atoms with van der Waals surface area (Å²) in [7, 11) is 2.33. The number of fused-ring (bicyclic) bond motifs is 2. The van der Waals surface area contributed by atoms with Gasteiger partial charge in [0.15, 0.2) is 11.2 Å². The van der Waals surface area contributed by atoms with E-state index in [0.29, 0.717) is 22.1 Å². The minimum atomic E-state index is -1.71. The van der Waals surface area contributed by atoms with Crippen molar-refractivity contribution in [2.75, 3.05) is 66.7 Å². The van der Waals surface area contributed by atoms with E-state index in [2.05, 4.69) is 51.8 Å². The maximum Gasteiger partial charge on any atom is 0.332 e. The Morgan fingerprint density at radius 2 is 0.967 bits per heavy atom. The van der Waals surface area contributed by atoms with Gasteiger partial charge in [-0.25, -0.2) is 19.6 Å². The number of carbonyl (C=O) groups excluding carboxylic acids is 6. The summed E-state index contributed by atoms with van der Waals surface area (Å²) in [6.07, 6.45) is 2.71. The number of esters is 2. The summed E-state index contributed by atoms with van der Waals surface area (Å²) in [5, 5.41) is 16.9. The number of hydrogen-bond acceptors (Lipinski definition) is 16. The third-order valence-corrected chi connectivity index (χ3v) is 9.87. The third-order valence-electron chi connectivity index (χ3n) is 9.87. The molecule has 0 spiro atoms. The number of methoxy groups -OCH3 is 2. The van der Waals surface area contributed by atoms with Gasteiger partial charge in [0.25, 0.3) is 23.6 Å². The molecular weight excluding hydrogens is 780 g/mol. The molecule has 1 aliphatic rings. The smallest absolute Gasteiger partial charge is 0.332 e. The molecule has 2 aromatic carbocycles. The fraction of sp³-hybridized carbons (Fsp3) is 0.450. The van der Waals surface area contributed by atoms with Crippen LogP contribution in [0.1, 0.15) is 48.7 Å². The highest BCUT2D eigenvalue weighted by Crippen LogP contribution is 2.19. The molecule has 1 fully saturated rings. The summed E-state index contributed by atoms with van der Waals surface area (Å²) < 4.78 is 22.3. The molecule has 1 saturated heterocycles. The van der Waals surface area contributed by atoms with Gasteiger partial charge in [-0.1, -0.05) is 24.3 Å². The lowest BCUT2D eigenvalue weighted by Crippen LogP contribution is -2.68. The number of para-hydroxylation sites is 4. The molecule has 4 aromatic rings. The molecule has 6 N–H and O–H groups in total. The molecular formula is C40H50N10O10. The van der Waals surface area contributed by atoms with E-state index in [-0.39, 0.29) is 63.9 Å². The van der Waals surface area contributed by atoms with Gasteiger partial charge in [-0.15, -0.1) is 0 Å². The highest BCUT2D eigenvalue weighted by atomic mass is 16.5. The fourth-order valence-electron chi connectivity index (χ4n) is 6.24. The lowest BCUT2D eigenvalue weighted by Gasteiger charge is -2.39. The first-order valence-electron chi connectivity index (χ1n) is 19.1. The number of rotatable bonds is 12. The summed E-state index contributed by atoms with van der Waals surface area (Å²) in [6.45, 7) is 4.40. The summed E-state index contributed by atoms with van der Waals surface area (Å²) in [5.74, 6) is -4.10. The zero-order valence-corrected chi connectivity index (χ0v) is 34.3. The van der Waals surface area contributed by atoms with E-state index in [1.54, 1.807) is 36.4 Å². The van der Waals surface area contributed by atoms with Gasteiger partial charge in [0.1, 0.15) is 22.5 Å². The van der Waals surface area contributed by atoms with E-state index in [1.165, 1.54) is 40.1 Å². The largest absolute Gasteiger partial charge is 0.467 e. The maximum absolute atomic E-state index is 14.1. The predicted molar refractivity (Wildman–Crippen MR) is 215 cm³/mol. The number of amides is 4. The highest BCUT2D eigenvalue weighted by molar-refractivity contribution is 5.95. The molecule has 0 aliphatic carbocycles. The number of hydrogen-bond donors (Lipinski definition) is 6. The van der Waals surface area contributed by atoms with Crippen molar-refractivity contribution < 1.29 is 47.7 Å². The van der Waals surface area contributed by atoms with Gasteiger partial charge in [0, 0.05) is 39.3 Å². The van der Waals surface area contributed by atoms with E-state index in [9.17, 15) is 28.8 Å². The molecule has 3 heterocycles. The SMILES string of the molecule is COC(=O)[C@@]1(C)CNC[C@@](C)(OCCNC(=O)c2cnc3ccccc3n2)C(=O)N[C@@](C)(C(=O)OC)CNC[C@@](C)(OCCNC(=O)c2cnc3ccccc3n2)C(=O)N1. The van der Waals surface area contributed by atoms with Gasteiger partial charge in [-0.05, 0) is 52.0 Å². The second-order valence-electron chi connectivity index (χ2n) is 14.9. The Morgan fingerprint density at radius 1 is 0.600 bits per heavy atom. The molecule has 20 heteroatoms. The van der Waals surface area contributed by atoms with Crippen LogP contribution in [-0.2, 0) is 38.1 Å². The molecule has 0 saturated carbocycles. The van der Waals surface area contributed by atoms with Crippen molar-refractivity contribution in [2.45, 2.75) is 50.0 Å². The van der Waals surface area contributed by atoms with Crippen molar-refractivity contribution in [2.24, 2.45) is 0 Å². The van der Waals surface area contributed by atoms with Crippen molar-refractivity contribution >= 4 is 57.6 Å². The second kappa shape index (κ2) is 19.2. The normalized spacial score (nSPS) is 24.0. The number of aromatic nitrogens is 4. The van der Waals surface area contributed by atoms with E-state index < -0.39 is 57.8 Å². The van der Waals surface area contributed by atoms with Gasteiger partial charge < -0.3 is 50.8 Å². The monoisotopic (exact) mass is 830 g/mol. The zero-order chi connectivity index (χ0) is 43.6. The van der Waals surface area contributed by atoms with Gasteiger partial charge in [-0.2, -0.15) is 0 Å². The van der Waals surface area contributed by atoms with Crippen molar-refractivity contribution in [1.82, 2.24) is 51.8 Å². The number of benzene rings is 2. The zero-order valence-electron chi connectivity index (χ0n) is 34.3. The van der Waals surface area contributed by atoms with E-state index >= 15 is 0 Å². The maximum atomic E-state index is 14.1. The Bertz CT molecular complexity index is 2090. The quantitative estimate of drug-likeness (QED) is 0.0782. The molecule has 1 aliphatic heterocycles. The summed E-state index contributed by atoms with van der Waals surface area (Å²) >= 11 is 0. The van der Waals surface area contributed by atoms with Crippen LogP contribution in [0.4, 0.5) is 0 Å². The van der Waals surface area contributed by atoms with Crippen molar-refractivity contribution in [3.63, 3.8) is 0 Å². The summed E-state index contributed by atoms with van der Waals surface area (Å²) in [5.41, 5.74) is -4.31. The molecule has 4 atom stereocenters. The third kappa shape index (κ3) is 10.7. The van der Waals surface area contributed by atoms with Crippen LogP contribution >= 0.6 is 0 Å². The number of nitrogens with one attached hydrogen (secondary N) is 6. The lowest BCUT2D eigenvalue weighted by molar-refractivity contribution is -0.158. The Kier molecular flexibility index (Phi) is 14.4. The van der Waals surface area contributed by atoms with Gasteiger partial charge in [0.05, 0.1) is 61.9 Å². The average molecular weight is 831 g/mol. The molecule has 0 radical (unpaired) electrons. The number of nitrogens with zero attached hydrogens (tertiary/aromatic N) is 4. The van der Waals surface area contributed by atoms with Crippen LogP contribution in [0.2, 0.25) is 0 Å². The first-order valence-corrected chi connectivity index (χ1v) is 19.1. The molecule has 320 valence electrons. The molecule has 2 aromatic heterocycles.